The molecule has 0 aliphatic carbocycles. The lowest BCUT2D eigenvalue weighted by Gasteiger charge is -2.14. The molecule has 0 saturated carbocycles. The molecular formula is C21H21N3O3S. The minimum Gasteiger partial charge on any atom is -0.449 e. The van der Waals surface area contributed by atoms with Gasteiger partial charge in [0.05, 0.1) is 11.3 Å². The molecule has 0 spiro atoms. The van der Waals surface area contributed by atoms with Crippen molar-refractivity contribution in [1.29, 1.82) is 0 Å². The molecule has 0 aliphatic rings. The minimum atomic E-state index is -0.940. The van der Waals surface area contributed by atoms with Gasteiger partial charge in [0.25, 0.3) is 5.91 Å². The summed E-state index contributed by atoms with van der Waals surface area (Å²) in [7, 11) is 3.84. The summed E-state index contributed by atoms with van der Waals surface area (Å²) in [6.07, 6.45) is -0.940. The lowest BCUT2D eigenvalue weighted by atomic mass is 10.2. The Hall–Kier alpha value is -3.19. The Kier molecular flexibility index (Phi) is 6.06. The van der Waals surface area contributed by atoms with Gasteiger partial charge in [0.15, 0.2) is 11.2 Å². The number of amides is 1. The highest BCUT2D eigenvalue weighted by Gasteiger charge is 2.20. The number of benzene rings is 2. The number of nitrogens with one attached hydrogen (secondary N) is 1. The van der Waals surface area contributed by atoms with E-state index >= 15 is 0 Å². The van der Waals surface area contributed by atoms with Gasteiger partial charge < -0.3 is 9.64 Å². The molecular weight excluding hydrogens is 374 g/mol. The van der Waals surface area contributed by atoms with E-state index in [1.165, 1.54) is 18.3 Å². The van der Waals surface area contributed by atoms with Crippen LogP contribution in [-0.4, -0.2) is 37.1 Å². The van der Waals surface area contributed by atoms with Gasteiger partial charge in [-0.3, -0.25) is 10.1 Å². The van der Waals surface area contributed by atoms with Crippen LogP contribution >= 0.6 is 11.3 Å². The normalized spacial score (nSPS) is 11.5. The quantitative estimate of drug-likeness (QED) is 0.637. The monoisotopic (exact) mass is 395 g/mol. The van der Waals surface area contributed by atoms with Gasteiger partial charge in [0, 0.05) is 30.7 Å². The van der Waals surface area contributed by atoms with Crippen LogP contribution in [-0.2, 0) is 9.53 Å². The molecule has 2 aromatic carbocycles. The molecule has 3 rings (SSSR count). The van der Waals surface area contributed by atoms with Crippen molar-refractivity contribution in [1.82, 2.24) is 4.98 Å². The topological polar surface area (TPSA) is 71.5 Å². The summed E-state index contributed by atoms with van der Waals surface area (Å²) in [5, 5.41) is 5.03. The lowest BCUT2D eigenvalue weighted by Crippen LogP contribution is -2.30. The first-order chi connectivity index (χ1) is 13.4. The molecule has 0 radical (unpaired) electrons. The van der Waals surface area contributed by atoms with Crippen molar-refractivity contribution in [3.63, 3.8) is 0 Å². The predicted molar refractivity (Wildman–Crippen MR) is 112 cm³/mol. The fourth-order valence-electron chi connectivity index (χ4n) is 2.46. The minimum absolute atomic E-state index is 0.394. The molecule has 144 valence electrons. The molecule has 1 atom stereocenters. The van der Waals surface area contributed by atoms with Crippen LogP contribution in [0.5, 0.6) is 0 Å². The van der Waals surface area contributed by atoms with Gasteiger partial charge in [0.2, 0.25) is 0 Å². The van der Waals surface area contributed by atoms with E-state index < -0.39 is 18.0 Å². The summed E-state index contributed by atoms with van der Waals surface area (Å²) in [6.45, 7) is 1.53. The van der Waals surface area contributed by atoms with Crippen LogP contribution in [0.1, 0.15) is 17.3 Å². The Labute approximate surface area is 167 Å². The van der Waals surface area contributed by atoms with E-state index in [1.54, 1.807) is 12.1 Å². The van der Waals surface area contributed by atoms with Crippen LogP contribution in [0.25, 0.3) is 11.3 Å². The second kappa shape index (κ2) is 8.67. The third-order valence-electron chi connectivity index (χ3n) is 4.08. The van der Waals surface area contributed by atoms with Crippen molar-refractivity contribution in [2.45, 2.75) is 13.0 Å². The van der Waals surface area contributed by atoms with E-state index in [0.29, 0.717) is 10.7 Å². The molecule has 3 aromatic rings. The average Bonchev–Trinajstić information content (AvgIpc) is 3.17. The third kappa shape index (κ3) is 4.75. The van der Waals surface area contributed by atoms with Gasteiger partial charge in [-0.2, -0.15) is 0 Å². The number of ether oxygens (including phenoxy) is 1. The number of hydrogen-bond donors (Lipinski definition) is 1. The summed E-state index contributed by atoms with van der Waals surface area (Å²) in [5.74, 6) is -0.968. The molecule has 0 fully saturated rings. The zero-order chi connectivity index (χ0) is 20.1. The van der Waals surface area contributed by atoms with E-state index in [0.717, 1.165) is 16.9 Å². The molecule has 6 nitrogen and oxygen atoms in total. The van der Waals surface area contributed by atoms with Gasteiger partial charge in [-0.15, -0.1) is 11.3 Å². The molecule has 1 aromatic heterocycles. The maximum absolute atomic E-state index is 12.3. The molecule has 0 aliphatic heterocycles. The van der Waals surface area contributed by atoms with E-state index in [9.17, 15) is 9.59 Å². The lowest BCUT2D eigenvalue weighted by molar-refractivity contribution is -0.123. The zero-order valence-corrected chi connectivity index (χ0v) is 16.7. The van der Waals surface area contributed by atoms with Gasteiger partial charge >= 0.3 is 5.97 Å². The van der Waals surface area contributed by atoms with Gasteiger partial charge in [-0.05, 0) is 31.2 Å². The van der Waals surface area contributed by atoms with Crippen LogP contribution < -0.4 is 10.2 Å². The Bertz CT molecular complexity index is 953. The molecule has 28 heavy (non-hydrogen) atoms. The highest BCUT2D eigenvalue weighted by Crippen LogP contribution is 2.24. The van der Waals surface area contributed by atoms with E-state index in [4.69, 9.17) is 4.74 Å². The number of esters is 1. The van der Waals surface area contributed by atoms with Crippen molar-refractivity contribution in [3.05, 3.63) is 65.5 Å². The largest absolute Gasteiger partial charge is 0.449 e. The molecule has 1 N–H and O–H groups in total. The fourth-order valence-corrected chi connectivity index (χ4v) is 3.18. The zero-order valence-electron chi connectivity index (χ0n) is 15.9. The summed E-state index contributed by atoms with van der Waals surface area (Å²) in [4.78, 5) is 30.9. The number of rotatable bonds is 6. The third-order valence-corrected chi connectivity index (χ3v) is 4.83. The molecule has 0 unspecified atom stereocenters. The number of anilines is 2. The Morgan fingerprint density at radius 2 is 1.75 bits per heavy atom. The highest BCUT2D eigenvalue weighted by molar-refractivity contribution is 7.14. The molecule has 0 bridgehead atoms. The van der Waals surface area contributed by atoms with E-state index in [-0.39, 0.29) is 0 Å². The maximum Gasteiger partial charge on any atom is 0.338 e. The van der Waals surface area contributed by atoms with Gasteiger partial charge in [-0.25, -0.2) is 9.78 Å². The second-order valence-corrected chi connectivity index (χ2v) is 7.24. The number of carbonyl (C=O) groups excluding carboxylic acids is 2. The summed E-state index contributed by atoms with van der Waals surface area (Å²) in [5.41, 5.74) is 3.12. The predicted octanol–water partition coefficient (Wildman–Crippen LogP) is 4.06. The van der Waals surface area contributed by atoms with Crippen molar-refractivity contribution >= 4 is 34.0 Å². The number of nitrogens with zero attached hydrogens (tertiary/aromatic N) is 2. The van der Waals surface area contributed by atoms with Crippen molar-refractivity contribution < 1.29 is 14.3 Å². The first kappa shape index (κ1) is 19.6. The van der Waals surface area contributed by atoms with Crippen LogP contribution in [0.4, 0.5) is 10.8 Å². The first-order valence-electron chi connectivity index (χ1n) is 8.74. The second-order valence-electron chi connectivity index (χ2n) is 6.38. The summed E-state index contributed by atoms with van der Waals surface area (Å²) in [6, 6.07) is 16.7. The van der Waals surface area contributed by atoms with Crippen molar-refractivity contribution in [3.8, 4) is 11.3 Å². The summed E-state index contributed by atoms with van der Waals surface area (Å²) < 4.78 is 5.27. The van der Waals surface area contributed by atoms with Crippen molar-refractivity contribution in [2.24, 2.45) is 0 Å². The summed E-state index contributed by atoms with van der Waals surface area (Å²) >= 11 is 1.32. The molecule has 0 saturated heterocycles. The van der Waals surface area contributed by atoms with Crippen LogP contribution in [0.3, 0.4) is 0 Å². The van der Waals surface area contributed by atoms with E-state index in [2.05, 4.69) is 10.3 Å². The Morgan fingerprint density at radius 1 is 1.07 bits per heavy atom. The van der Waals surface area contributed by atoms with Crippen molar-refractivity contribution in [2.75, 3.05) is 24.3 Å². The number of aromatic nitrogens is 1. The van der Waals surface area contributed by atoms with Crippen LogP contribution in [0.2, 0.25) is 0 Å². The smallest absolute Gasteiger partial charge is 0.338 e. The maximum atomic E-state index is 12.3. The van der Waals surface area contributed by atoms with E-state index in [1.807, 2.05) is 66.8 Å². The molecule has 1 amide bonds. The van der Waals surface area contributed by atoms with Gasteiger partial charge in [-0.1, -0.05) is 30.3 Å². The number of thiazole rings is 1. The Balaban J connectivity index is 1.58. The number of carbonyl (C=O) groups is 2. The van der Waals surface area contributed by atoms with Gasteiger partial charge in [0.1, 0.15) is 0 Å². The molecule has 7 heteroatoms. The average molecular weight is 395 g/mol. The number of hydrogen-bond acceptors (Lipinski definition) is 6. The molecule has 1 heterocycles. The Morgan fingerprint density at radius 3 is 2.39 bits per heavy atom. The first-order valence-corrected chi connectivity index (χ1v) is 9.62. The fraction of sp³-hybridized carbons (Fsp3) is 0.190. The SMILES string of the molecule is C[C@H](OC(=O)c1ccc(N(C)C)cc1)C(=O)Nc1nc(-c2ccccc2)cs1. The van der Waals surface area contributed by atoms with Crippen LogP contribution in [0.15, 0.2) is 60.0 Å². The highest BCUT2D eigenvalue weighted by atomic mass is 32.1. The standard InChI is InChI=1S/C21H21N3O3S/c1-14(27-20(26)16-9-11-17(12-10-16)24(2)3)19(25)23-21-22-18(13-28-21)15-7-5-4-6-8-15/h4-14H,1-3H3,(H,22,23,25)/t14-/m0/s1. The van der Waals surface area contributed by atoms with Crippen LogP contribution in [0, 0.1) is 0 Å².